The van der Waals surface area contributed by atoms with Crippen molar-refractivity contribution in [3.63, 3.8) is 0 Å². The number of nitrogens with zero attached hydrogens (tertiary/aromatic N) is 4. The number of hydrogen-bond acceptors (Lipinski definition) is 5. The summed E-state index contributed by atoms with van der Waals surface area (Å²) in [6.07, 6.45) is 8.71. The zero-order chi connectivity index (χ0) is 19.8. The molecule has 1 amide bonds. The second-order valence-corrected chi connectivity index (χ2v) is 6.73. The van der Waals surface area contributed by atoms with Crippen molar-refractivity contribution in [2.24, 2.45) is 0 Å². The first-order valence-corrected chi connectivity index (χ1v) is 9.09. The number of fused-ring (bicyclic) bond motifs is 3. The van der Waals surface area contributed by atoms with Crippen LogP contribution >= 0.6 is 0 Å². The molecule has 4 heterocycles. The molecule has 0 aliphatic heterocycles. The predicted molar refractivity (Wildman–Crippen MR) is 112 cm³/mol. The van der Waals surface area contributed by atoms with Gasteiger partial charge in [-0.2, -0.15) is 5.10 Å². The van der Waals surface area contributed by atoms with Crippen LogP contribution in [0.5, 0.6) is 0 Å². The van der Waals surface area contributed by atoms with Crippen LogP contribution in [0.2, 0.25) is 0 Å². The number of pyridine rings is 3. The van der Waals surface area contributed by atoms with Crippen LogP contribution in [-0.4, -0.2) is 31.1 Å². The van der Waals surface area contributed by atoms with E-state index >= 15 is 0 Å². The van der Waals surface area contributed by atoms with E-state index in [0.717, 1.165) is 44.2 Å². The van der Waals surface area contributed by atoms with Gasteiger partial charge >= 0.3 is 0 Å². The maximum absolute atomic E-state index is 11.4. The van der Waals surface area contributed by atoms with E-state index < -0.39 is 0 Å². The monoisotopic (exact) mass is 380 g/mol. The lowest BCUT2D eigenvalue weighted by Crippen LogP contribution is -2.05. The molecule has 7 nitrogen and oxygen atoms in total. The highest BCUT2D eigenvalue weighted by atomic mass is 16.1. The number of hydrogen-bond donors (Lipinski definition) is 2. The number of aromatic nitrogens is 5. The highest BCUT2D eigenvalue weighted by Crippen LogP contribution is 2.34. The highest BCUT2D eigenvalue weighted by molar-refractivity contribution is 6.11. The molecule has 5 aromatic rings. The Morgan fingerprint density at radius 1 is 0.931 bits per heavy atom. The summed E-state index contributed by atoms with van der Waals surface area (Å²) in [6.45, 7) is 1.48. The van der Waals surface area contributed by atoms with Crippen LogP contribution in [-0.2, 0) is 4.79 Å². The topological polar surface area (TPSA) is 96.5 Å². The predicted octanol–water partition coefficient (Wildman–Crippen LogP) is 4.19. The van der Waals surface area contributed by atoms with E-state index in [4.69, 9.17) is 0 Å². The van der Waals surface area contributed by atoms with Crippen molar-refractivity contribution in [3.8, 4) is 22.4 Å². The van der Waals surface area contributed by atoms with E-state index in [0.29, 0.717) is 5.69 Å². The molecule has 140 valence electrons. The van der Waals surface area contributed by atoms with Gasteiger partial charge in [0.25, 0.3) is 0 Å². The molecule has 0 radical (unpaired) electrons. The molecule has 0 saturated carbocycles. The number of rotatable bonds is 3. The molecule has 7 heteroatoms. The molecular weight excluding hydrogens is 364 g/mol. The minimum atomic E-state index is -0.131. The summed E-state index contributed by atoms with van der Waals surface area (Å²) in [5, 5.41) is 12.4. The second kappa shape index (κ2) is 6.79. The Morgan fingerprint density at radius 2 is 1.79 bits per heavy atom. The van der Waals surface area contributed by atoms with Gasteiger partial charge in [0, 0.05) is 47.4 Å². The standard InChI is InChI=1S/C22H16N6O/c1-13(29)26-17-8-16(10-24-11-17)15-2-3-19-18(9-15)21-20(12-25-19)27-28-22(21)14-4-6-23-7-5-14/h2-12H,1H3,(H,26,29)(H,27,28). The van der Waals surface area contributed by atoms with E-state index in [2.05, 4.69) is 36.5 Å². The van der Waals surface area contributed by atoms with E-state index in [1.54, 1.807) is 31.0 Å². The Bertz CT molecular complexity index is 1360. The number of aromatic amines is 1. The Kier molecular flexibility index (Phi) is 3.98. The number of amides is 1. The van der Waals surface area contributed by atoms with Crippen LogP contribution in [0, 0.1) is 0 Å². The third-order valence-corrected chi connectivity index (χ3v) is 4.74. The maximum atomic E-state index is 11.4. The van der Waals surface area contributed by atoms with E-state index in [1.165, 1.54) is 6.92 Å². The smallest absolute Gasteiger partial charge is 0.221 e. The van der Waals surface area contributed by atoms with Gasteiger partial charge in [-0.1, -0.05) is 6.07 Å². The van der Waals surface area contributed by atoms with Crippen LogP contribution in [0.15, 0.2) is 67.4 Å². The molecular formula is C22H16N6O. The summed E-state index contributed by atoms with van der Waals surface area (Å²) in [4.78, 5) is 24.3. The largest absolute Gasteiger partial charge is 0.325 e. The lowest BCUT2D eigenvalue weighted by molar-refractivity contribution is -0.114. The van der Waals surface area contributed by atoms with Crippen LogP contribution < -0.4 is 5.32 Å². The first kappa shape index (κ1) is 17.0. The van der Waals surface area contributed by atoms with E-state index in [-0.39, 0.29) is 5.91 Å². The van der Waals surface area contributed by atoms with Gasteiger partial charge in [0.05, 0.1) is 29.1 Å². The van der Waals surface area contributed by atoms with Crippen molar-refractivity contribution in [2.45, 2.75) is 6.92 Å². The number of carbonyl (C=O) groups excluding carboxylic acids is 1. The van der Waals surface area contributed by atoms with Gasteiger partial charge in [0.15, 0.2) is 0 Å². The first-order valence-electron chi connectivity index (χ1n) is 9.09. The molecule has 0 saturated heterocycles. The van der Waals surface area contributed by atoms with Crippen molar-refractivity contribution in [1.29, 1.82) is 0 Å². The summed E-state index contributed by atoms with van der Waals surface area (Å²) < 4.78 is 0. The number of nitrogens with one attached hydrogen (secondary N) is 2. The highest BCUT2D eigenvalue weighted by Gasteiger charge is 2.13. The summed E-state index contributed by atoms with van der Waals surface area (Å²) in [5.41, 5.74) is 6.13. The van der Waals surface area contributed by atoms with Gasteiger partial charge in [0.2, 0.25) is 5.91 Å². The molecule has 5 rings (SSSR count). The molecule has 1 aromatic carbocycles. The SMILES string of the molecule is CC(=O)Nc1cncc(-c2ccc3ncc4[nH]nc(-c5ccncc5)c4c3c2)c1. The molecule has 0 unspecified atom stereocenters. The normalized spacial score (nSPS) is 11.1. The Hall–Kier alpha value is -4.13. The number of carbonyl (C=O) groups is 1. The second-order valence-electron chi connectivity index (χ2n) is 6.73. The number of anilines is 1. The lowest BCUT2D eigenvalue weighted by Gasteiger charge is -2.08. The fraction of sp³-hybridized carbons (Fsp3) is 0.0455. The summed E-state index contributed by atoms with van der Waals surface area (Å²) in [5.74, 6) is -0.131. The Labute approximate surface area is 165 Å². The Balaban J connectivity index is 1.71. The molecule has 2 N–H and O–H groups in total. The minimum Gasteiger partial charge on any atom is -0.325 e. The van der Waals surface area contributed by atoms with Gasteiger partial charge in [-0.25, -0.2) is 0 Å². The van der Waals surface area contributed by atoms with Crippen LogP contribution in [0.25, 0.3) is 44.2 Å². The summed E-state index contributed by atoms with van der Waals surface area (Å²) >= 11 is 0. The quantitative estimate of drug-likeness (QED) is 0.489. The van der Waals surface area contributed by atoms with E-state index in [1.807, 2.05) is 30.3 Å². The molecule has 0 spiro atoms. The molecule has 0 aliphatic rings. The summed E-state index contributed by atoms with van der Waals surface area (Å²) in [7, 11) is 0. The van der Waals surface area contributed by atoms with Crippen LogP contribution in [0.4, 0.5) is 5.69 Å². The fourth-order valence-corrected chi connectivity index (χ4v) is 3.47. The third kappa shape index (κ3) is 3.08. The first-order chi connectivity index (χ1) is 14.2. The van der Waals surface area contributed by atoms with Crippen LogP contribution in [0.1, 0.15) is 6.92 Å². The number of benzene rings is 1. The molecule has 0 bridgehead atoms. The van der Waals surface area contributed by atoms with Gasteiger partial charge in [-0.3, -0.25) is 24.8 Å². The fourth-order valence-electron chi connectivity index (χ4n) is 3.47. The molecule has 29 heavy (non-hydrogen) atoms. The van der Waals surface area contributed by atoms with Gasteiger partial charge in [0.1, 0.15) is 5.69 Å². The number of H-pyrrole nitrogens is 1. The van der Waals surface area contributed by atoms with Gasteiger partial charge in [-0.15, -0.1) is 0 Å². The van der Waals surface area contributed by atoms with Crippen molar-refractivity contribution >= 4 is 33.4 Å². The maximum Gasteiger partial charge on any atom is 0.221 e. The van der Waals surface area contributed by atoms with Crippen molar-refractivity contribution in [2.75, 3.05) is 5.32 Å². The summed E-state index contributed by atoms with van der Waals surface area (Å²) in [6, 6.07) is 11.8. The van der Waals surface area contributed by atoms with Crippen molar-refractivity contribution < 1.29 is 4.79 Å². The molecule has 0 fully saturated rings. The third-order valence-electron chi connectivity index (χ3n) is 4.74. The van der Waals surface area contributed by atoms with Crippen molar-refractivity contribution in [1.82, 2.24) is 25.1 Å². The van der Waals surface area contributed by atoms with Crippen molar-refractivity contribution in [3.05, 3.63) is 67.4 Å². The molecule has 4 aromatic heterocycles. The van der Waals surface area contributed by atoms with E-state index in [9.17, 15) is 4.79 Å². The Morgan fingerprint density at radius 3 is 2.62 bits per heavy atom. The van der Waals surface area contributed by atoms with Crippen LogP contribution in [0.3, 0.4) is 0 Å². The molecule has 0 aliphatic carbocycles. The van der Waals surface area contributed by atoms with Gasteiger partial charge in [-0.05, 0) is 35.9 Å². The average Bonchev–Trinajstić information content (AvgIpc) is 3.18. The molecule has 0 atom stereocenters. The minimum absolute atomic E-state index is 0.131. The average molecular weight is 380 g/mol. The van der Waals surface area contributed by atoms with Gasteiger partial charge < -0.3 is 5.32 Å². The zero-order valence-electron chi connectivity index (χ0n) is 15.5. The zero-order valence-corrected chi connectivity index (χ0v) is 15.5. The lowest BCUT2D eigenvalue weighted by atomic mass is 10.0.